The molecule has 3 rings (SSSR count). The van der Waals surface area contributed by atoms with Gasteiger partial charge in [-0.1, -0.05) is 56.2 Å². The van der Waals surface area contributed by atoms with E-state index in [0.29, 0.717) is 19.0 Å². The van der Waals surface area contributed by atoms with Crippen LogP contribution in [-0.2, 0) is 17.7 Å². The van der Waals surface area contributed by atoms with Gasteiger partial charge in [-0.3, -0.25) is 4.90 Å². The van der Waals surface area contributed by atoms with E-state index in [9.17, 15) is 5.11 Å². The number of terminal acetylenes is 1. The van der Waals surface area contributed by atoms with E-state index in [4.69, 9.17) is 21.0 Å². The predicted octanol–water partition coefficient (Wildman–Crippen LogP) is 4.45. The lowest BCUT2D eigenvalue weighted by atomic mass is 10.1. The minimum Gasteiger partial charge on any atom is -0.439 e. The number of aromatic nitrogens is 2. The number of nitrogens with zero attached hydrogens (tertiary/aromatic N) is 3. The van der Waals surface area contributed by atoms with Gasteiger partial charge in [-0.2, -0.15) is 5.10 Å². The Morgan fingerprint density at radius 1 is 1.09 bits per heavy atom. The van der Waals surface area contributed by atoms with E-state index in [0.717, 1.165) is 42.1 Å². The van der Waals surface area contributed by atoms with Crippen LogP contribution in [0.2, 0.25) is 0 Å². The maximum Gasteiger partial charge on any atom is 0.227 e. The monoisotopic (exact) mass is 447 g/mol. The third-order valence-corrected chi connectivity index (χ3v) is 5.20. The molecule has 1 heterocycles. The number of hydrogen-bond donors (Lipinski definition) is 1. The molecule has 3 aromatic rings. The summed E-state index contributed by atoms with van der Waals surface area (Å²) >= 11 is 0. The van der Waals surface area contributed by atoms with Crippen molar-refractivity contribution in [1.29, 1.82) is 0 Å². The Hall–Kier alpha value is -3.11. The third kappa shape index (κ3) is 6.93. The Labute approximate surface area is 196 Å². The van der Waals surface area contributed by atoms with E-state index in [1.807, 2.05) is 65.3 Å². The topological polar surface area (TPSA) is 59.8 Å². The van der Waals surface area contributed by atoms with Gasteiger partial charge in [0.25, 0.3) is 0 Å². The number of hydrogen-bond acceptors (Lipinski definition) is 5. The van der Waals surface area contributed by atoms with Crippen LogP contribution in [0, 0.1) is 12.3 Å². The molecule has 6 nitrogen and oxygen atoms in total. The van der Waals surface area contributed by atoms with Crippen LogP contribution >= 0.6 is 0 Å². The van der Waals surface area contributed by atoms with Crippen molar-refractivity contribution < 1.29 is 14.6 Å². The van der Waals surface area contributed by atoms with Gasteiger partial charge in [-0.05, 0) is 43.7 Å². The first kappa shape index (κ1) is 24.5. The number of aryl methyl sites for hydroxylation is 1. The average Bonchev–Trinajstić information content (AvgIpc) is 3.17. The summed E-state index contributed by atoms with van der Waals surface area (Å²) in [6, 6.07) is 19.8. The zero-order chi connectivity index (χ0) is 23.5. The minimum absolute atomic E-state index is 0.198. The van der Waals surface area contributed by atoms with Crippen molar-refractivity contribution in [2.45, 2.75) is 39.3 Å². The molecule has 0 aliphatic carbocycles. The number of para-hydroxylation sites is 2. The van der Waals surface area contributed by atoms with E-state index in [1.165, 1.54) is 0 Å². The van der Waals surface area contributed by atoms with Crippen molar-refractivity contribution in [2.75, 3.05) is 26.3 Å². The van der Waals surface area contributed by atoms with Crippen LogP contribution in [0.5, 0.6) is 11.6 Å². The molecule has 33 heavy (non-hydrogen) atoms. The molecule has 0 spiro atoms. The van der Waals surface area contributed by atoms with Gasteiger partial charge in [0.2, 0.25) is 5.88 Å². The maximum absolute atomic E-state index is 10.5. The Balaban J connectivity index is 1.94. The Bertz CT molecular complexity index is 1010. The molecule has 0 radical (unpaired) electrons. The summed E-state index contributed by atoms with van der Waals surface area (Å²) < 4.78 is 13.6. The molecule has 6 heteroatoms. The quantitative estimate of drug-likeness (QED) is 0.310. The van der Waals surface area contributed by atoms with Crippen molar-refractivity contribution in [1.82, 2.24) is 14.7 Å². The second-order valence-corrected chi connectivity index (χ2v) is 7.85. The first-order valence-corrected chi connectivity index (χ1v) is 11.5. The predicted molar refractivity (Wildman–Crippen MR) is 131 cm³/mol. The lowest BCUT2D eigenvalue weighted by molar-refractivity contribution is 0.0259. The number of ether oxygens (including phenoxy) is 2. The molecule has 2 aromatic carbocycles. The fourth-order valence-electron chi connectivity index (χ4n) is 3.75. The van der Waals surface area contributed by atoms with Gasteiger partial charge in [0, 0.05) is 13.1 Å². The first-order valence-electron chi connectivity index (χ1n) is 11.5. The fraction of sp³-hybridized carbons (Fsp3) is 0.370. The van der Waals surface area contributed by atoms with Crippen molar-refractivity contribution in [3.8, 4) is 29.7 Å². The van der Waals surface area contributed by atoms with Gasteiger partial charge in [0.05, 0.1) is 29.7 Å². The molecule has 1 aromatic heterocycles. The number of rotatable bonds is 13. The van der Waals surface area contributed by atoms with Crippen molar-refractivity contribution in [2.24, 2.45) is 0 Å². The summed E-state index contributed by atoms with van der Waals surface area (Å²) in [4.78, 5) is 2.22. The molecule has 0 aliphatic heterocycles. The van der Waals surface area contributed by atoms with Crippen molar-refractivity contribution in [3.05, 3.63) is 71.9 Å². The summed E-state index contributed by atoms with van der Waals surface area (Å²) in [6.45, 7) is 6.55. The number of aliphatic hydroxyl groups excluding tert-OH is 1. The lowest BCUT2D eigenvalue weighted by Crippen LogP contribution is -2.35. The SMILES string of the molecule is C#CCOC[C@@H](O)CN(CCC)Cc1c(CC)nn(-c2ccccc2)c1Oc1ccccc1. The molecule has 0 saturated heterocycles. The molecule has 1 atom stereocenters. The Kier molecular flexibility index (Phi) is 9.52. The highest BCUT2D eigenvalue weighted by Gasteiger charge is 2.23. The molecule has 0 fully saturated rings. The maximum atomic E-state index is 10.5. The molecule has 0 saturated carbocycles. The standard InChI is InChI=1S/C27H33N3O3/c1-4-17-29(19-23(31)21-32-18-5-2)20-25-26(6-3)28-30(22-13-9-7-10-14-22)27(25)33-24-15-11-8-12-16-24/h2,7-16,23,31H,4,6,17-21H2,1,3H3/t23-/m0/s1. The minimum atomic E-state index is -0.627. The van der Waals surface area contributed by atoms with Crippen LogP contribution in [-0.4, -0.2) is 52.2 Å². The summed E-state index contributed by atoms with van der Waals surface area (Å²) in [5.74, 6) is 3.88. The molecule has 0 bridgehead atoms. The van der Waals surface area contributed by atoms with Crippen LogP contribution in [0.15, 0.2) is 60.7 Å². The van der Waals surface area contributed by atoms with Crippen LogP contribution in [0.25, 0.3) is 5.69 Å². The largest absolute Gasteiger partial charge is 0.439 e. The highest BCUT2D eigenvalue weighted by atomic mass is 16.5. The average molecular weight is 448 g/mol. The normalized spacial score (nSPS) is 12.0. The molecule has 1 N–H and O–H groups in total. The molecule has 0 unspecified atom stereocenters. The van der Waals surface area contributed by atoms with E-state index in [2.05, 4.69) is 24.7 Å². The van der Waals surface area contributed by atoms with Gasteiger partial charge in [0.1, 0.15) is 12.4 Å². The van der Waals surface area contributed by atoms with Gasteiger partial charge < -0.3 is 14.6 Å². The Morgan fingerprint density at radius 2 is 1.79 bits per heavy atom. The molecule has 0 aliphatic rings. The van der Waals surface area contributed by atoms with Gasteiger partial charge in [-0.25, -0.2) is 4.68 Å². The highest BCUT2D eigenvalue weighted by molar-refractivity contribution is 5.43. The second-order valence-electron chi connectivity index (χ2n) is 7.85. The number of aliphatic hydroxyl groups is 1. The van der Waals surface area contributed by atoms with Crippen molar-refractivity contribution in [3.63, 3.8) is 0 Å². The van der Waals surface area contributed by atoms with Crippen LogP contribution < -0.4 is 4.74 Å². The summed E-state index contributed by atoms with van der Waals surface area (Å²) in [7, 11) is 0. The van der Waals surface area contributed by atoms with Crippen LogP contribution in [0.1, 0.15) is 31.5 Å². The molecule has 174 valence electrons. The van der Waals surface area contributed by atoms with Gasteiger partial charge in [-0.15, -0.1) is 6.42 Å². The first-order chi connectivity index (χ1) is 16.2. The van der Waals surface area contributed by atoms with Gasteiger partial charge >= 0.3 is 0 Å². The van der Waals surface area contributed by atoms with Crippen LogP contribution in [0.3, 0.4) is 0 Å². The number of benzene rings is 2. The second kappa shape index (κ2) is 12.8. The summed E-state index contributed by atoms with van der Waals surface area (Å²) in [6.07, 6.45) is 6.34. The lowest BCUT2D eigenvalue weighted by Gasteiger charge is -2.25. The zero-order valence-corrected chi connectivity index (χ0v) is 19.5. The smallest absolute Gasteiger partial charge is 0.227 e. The molecular formula is C27H33N3O3. The zero-order valence-electron chi connectivity index (χ0n) is 19.5. The van der Waals surface area contributed by atoms with E-state index >= 15 is 0 Å². The summed E-state index contributed by atoms with van der Waals surface area (Å²) in [5.41, 5.74) is 2.94. The van der Waals surface area contributed by atoms with E-state index < -0.39 is 6.10 Å². The summed E-state index contributed by atoms with van der Waals surface area (Å²) in [5, 5.41) is 15.4. The molecular weight excluding hydrogens is 414 g/mol. The molecule has 0 amide bonds. The van der Waals surface area contributed by atoms with Gasteiger partial charge in [0.15, 0.2) is 0 Å². The fourth-order valence-corrected chi connectivity index (χ4v) is 3.75. The van der Waals surface area contributed by atoms with E-state index in [-0.39, 0.29) is 13.2 Å². The third-order valence-electron chi connectivity index (χ3n) is 5.20. The van der Waals surface area contributed by atoms with E-state index in [1.54, 1.807) is 0 Å². The van der Waals surface area contributed by atoms with Crippen molar-refractivity contribution >= 4 is 0 Å². The highest BCUT2D eigenvalue weighted by Crippen LogP contribution is 2.32. The Morgan fingerprint density at radius 3 is 2.42 bits per heavy atom. The van der Waals surface area contributed by atoms with Crippen LogP contribution in [0.4, 0.5) is 0 Å².